The van der Waals surface area contributed by atoms with Crippen molar-refractivity contribution in [2.24, 2.45) is 0 Å². The molecule has 0 aromatic heterocycles. The Labute approximate surface area is 108 Å². The quantitative estimate of drug-likeness (QED) is 0.883. The Hall–Kier alpha value is -1.96. The lowest BCUT2D eigenvalue weighted by molar-refractivity contribution is 0.340. The highest BCUT2D eigenvalue weighted by Gasteiger charge is 2.23. The van der Waals surface area contributed by atoms with Crippen LogP contribution in [0.15, 0.2) is 48.5 Å². The second kappa shape index (κ2) is 4.73. The fourth-order valence-electron chi connectivity index (χ4n) is 2.57. The van der Waals surface area contributed by atoms with E-state index < -0.39 is 0 Å². The molecule has 2 aromatic carbocycles. The Morgan fingerprint density at radius 1 is 1.17 bits per heavy atom. The first kappa shape index (κ1) is 11.1. The molecule has 2 heteroatoms. The second-order valence-corrected chi connectivity index (χ2v) is 4.53. The maximum atomic E-state index is 5.57. The van der Waals surface area contributed by atoms with Crippen LogP contribution in [0, 0.1) is 0 Å². The molecule has 1 heterocycles. The van der Waals surface area contributed by atoms with Crippen LogP contribution >= 0.6 is 0 Å². The summed E-state index contributed by atoms with van der Waals surface area (Å²) in [5, 5.41) is 3.46. The molecule has 0 saturated carbocycles. The minimum atomic E-state index is 0.432. The van der Waals surface area contributed by atoms with Gasteiger partial charge < -0.3 is 10.1 Å². The van der Waals surface area contributed by atoms with Crippen LogP contribution in [0.1, 0.15) is 24.0 Å². The lowest BCUT2D eigenvalue weighted by atomic mass is 9.93. The Balaban J connectivity index is 1.94. The molecule has 3 rings (SSSR count). The summed E-state index contributed by atoms with van der Waals surface area (Å²) in [4.78, 5) is 0. The molecule has 2 nitrogen and oxygen atoms in total. The molecular formula is C16H17NO. The smallest absolute Gasteiger partial charge is 0.119 e. The molecule has 92 valence electrons. The molecule has 1 N–H and O–H groups in total. The van der Waals surface area contributed by atoms with Gasteiger partial charge >= 0.3 is 0 Å². The van der Waals surface area contributed by atoms with Crippen molar-refractivity contribution in [1.29, 1.82) is 0 Å². The van der Waals surface area contributed by atoms with Crippen molar-refractivity contribution in [2.75, 3.05) is 18.5 Å². The van der Waals surface area contributed by atoms with Crippen LogP contribution in [0.5, 0.6) is 5.75 Å². The summed E-state index contributed by atoms with van der Waals surface area (Å²) >= 11 is 0. The van der Waals surface area contributed by atoms with Crippen molar-refractivity contribution < 1.29 is 4.74 Å². The maximum absolute atomic E-state index is 5.57. The van der Waals surface area contributed by atoms with Gasteiger partial charge in [0.1, 0.15) is 5.75 Å². The molecule has 0 aliphatic carbocycles. The molecule has 1 atom stereocenters. The average molecular weight is 239 g/mol. The van der Waals surface area contributed by atoms with Gasteiger partial charge in [0.2, 0.25) is 0 Å². The molecule has 1 unspecified atom stereocenters. The molecule has 0 fully saturated rings. The molecule has 1 aliphatic heterocycles. The van der Waals surface area contributed by atoms with Crippen molar-refractivity contribution in [3.8, 4) is 5.75 Å². The van der Waals surface area contributed by atoms with Crippen molar-refractivity contribution in [3.63, 3.8) is 0 Å². The first-order chi connectivity index (χ1) is 8.88. The van der Waals surface area contributed by atoms with Crippen LogP contribution in [-0.4, -0.2) is 13.2 Å². The molecule has 0 saturated heterocycles. The molecule has 1 aliphatic rings. The summed E-state index contributed by atoms with van der Waals surface area (Å²) in [6, 6.07) is 16.9. The van der Waals surface area contributed by atoms with E-state index >= 15 is 0 Å². The third-order valence-corrected chi connectivity index (χ3v) is 3.40. The molecular weight excluding hydrogens is 222 g/mol. The Morgan fingerprint density at radius 2 is 2.06 bits per heavy atom. The SMILES string of the molecule is CCOc1cccc(C2CNc3ccccc32)c1. The third kappa shape index (κ3) is 1.94. The first-order valence-corrected chi connectivity index (χ1v) is 6.44. The number of fused-ring (bicyclic) bond motifs is 1. The van der Waals surface area contributed by atoms with Gasteiger partial charge in [0.25, 0.3) is 0 Å². The normalized spacial score (nSPS) is 17.1. The van der Waals surface area contributed by atoms with Gasteiger partial charge in [0.05, 0.1) is 6.61 Å². The van der Waals surface area contributed by atoms with Crippen LogP contribution in [0.4, 0.5) is 5.69 Å². The topological polar surface area (TPSA) is 21.3 Å². The van der Waals surface area contributed by atoms with Crippen LogP contribution in [0.2, 0.25) is 0 Å². The fourth-order valence-corrected chi connectivity index (χ4v) is 2.57. The van der Waals surface area contributed by atoms with Gasteiger partial charge in [-0.05, 0) is 36.2 Å². The zero-order chi connectivity index (χ0) is 12.4. The number of nitrogens with one attached hydrogen (secondary N) is 1. The highest BCUT2D eigenvalue weighted by Crippen LogP contribution is 2.36. The summed E-state index contributed by atoms with van der Waals surface area (Å²) in [5.74, 6) is 1.39. The minimum Gasteiger partial charge on any atom is -0.494 e. The Kier molecular flexibility index (Phi) is 2.93. The number of para-hydroxylation sites is 1. The lowest BCUT2D eigenvalue weighted by Crippen LogP contribution is -2.04. The maximum Gasteiger partial charge on any atom is 0.119 e. The summed E-state index contributed by atoms with van der Waals surface area (Å²) in [5.41, 5.74) is 3.95. The lowest BCUT2D eigenvalue weighted by Gasteiger charge is -2.12. The molecule has 18 heavy (non-hydrogen) atoms. The van der Waals surface area contributed by atoms with Crippen molar-refractivity contribution in [2.45, 2.75) is 12.8 Å². The minimum absolute atomic E-state index is 0.432. The highest BCUT2D eigenvalue weighted by atomic mass is 16.5. The van der Waals surface area contributed by atoms with E-state index in [1.807, 2.05) is 13.0 Å². The van der Waals surface area contributed by atoms with E-state index in [1.54, 1.807) is 0 Å². The van der Waals surface area contributed by atoms with Crippen LogP contribution < -0.4 is 10.1 Å². The standard InChI is InChI=1S/C16H17NO/c1-2-18-13-7-5-6-12(10-13)15-11-17-16-9-4-3-8-14(15)16/h3-10,15,17H,2,11H2,1H3. The molecule has 0 spiro atoms. The second-order valence-electron chi connectivity index (χ2n) is 4.53. The summed E-state index contributed by atoms with van der Waals surface area (Å²) in [6.45, 7) is 3.69. The van der Waals surface area contributed by atoms with Crippen molar-refractivity contribution in [1.82, 2.24) is 0 Å². The van der Waals surface area contributed by atoms with E-state index in [0.29, 0.717) is 12.5 Å². The largest absolute Gasteiger partial charge is 0.494 e. The van der Waals surface area contributed by atoms with E-state index in [9.17, 15) is 0 Å². The van der Waals surface area contributed by atoms with Gasteiger partial charge in [-0.2, -0.15) is 0 Å². The average Bonchev–Trinajstić information content (AvgIpc) is 2.83. The van der Waals surface area contributed by atoms with E-state index in [1.165, 1.54) is 16.8 Å². The number of hydrogen-bond donors (Lipinski definition) is 1. The number of benzene rings is 2. The first-order valence-electron chi connectivity index (χ1n) is 6.44. The molecule has 0 amide bonds. The van der Waals surface area contributed by atoms with Gasteiger partial charge in [-0.3, -0.25) is 0 Å². The van der Waals surface area contributed by atoms with Crippen molar-refractivity contribution >= 4 is 5.69 Å². The van der Waals surface area contributed by atoms with Gasteiger partial charge in [-0.25, -0.2) is 0 Å². The van der Waals surface area contributed by atoms with Crippen LogP contribution in [-0.2, 0) is 0 Å². The molecule has 0 bridgehead atoms. The number of rotatable bonds is 3. The van der Waals surface area contributed by atoms with Gasteiger partial charge in [-0.1, -0.05) is 30.3 Å². The predicted octanol–water partition coefficient (Wildman–Crippen LogP) is 3.64. The zero-order valence-electron chi connectivity index (χ0n) is 10.5. The Morgan fingerprint density at radius 3 is 2.94 bits per heavy atom. The monoisotopic (exact) mass is 239 g/mol. The number of anilines is 1. The van der Waals surface area contributed by atoms with Gasteiger partial charge in [0.15, 0.2) is 0 Å². The van der Waals surface area contributed by atoms with Crippen LogP contribution in [0.25, 0.3) is 0 Å². The highest BCUT2D eigenvalue weighted by molar-refractivity contribution is 5.60. The fraction of sp³-hybridized carbons (Fsp3) is 0.250. The summed E-state index contributed by atoms with van der Waals surface area (Å²) in [7, 11) is 0. The number of hydrogen-bond acceptors (Lipinski definition) is 2. The van der Waals surface area contributed by atoms with E-state index in [-0.39, 0.29) is 0 Å². The third-order valence-electron chi connectivity index (χ3n) is 3.40. The van der Waals surface area contributed by atoms with E-state index in [2.05, 4.69) is 47.8 Å². The number of ether oxygens (including phenoxy) is 1. The van der Waals surface area contributed by atoms with Gasteiger partial charge in [0, 0.05) is 18.2 Å². The zero-order valence-corrected chi connectivity index (χ0v) is 10.5. The molecule has 2 aromatic rings. The summed E-state index contributed by atoms with van der Waals surface area (Å²) < 4.78 is 5.57. The van der Waals surface area contributed by atoms with E-state index in [0.717, 1.165) is 12.3 Å². The van der Waals surface area contributed by atoms with E-state index in [4.69, 9.17) is 4.74 Å². The van der Waals surface area contributed by atoms with Crippen molar-refractivity contribution in [3.05, 3.63) is 59.7 Å². The molecule has 0 radical (unpaired) electrons. The van der Waals surface area contributed by atoms with Crippen LogP contribution in [0.3, 0.4) is 0 Å². The Bertz CT molecular complexity index is 550. The summed E-state index contributed by atoms with van der Waals surface area (Å²) in [6.07, 6.45) is 0. The van der Waals surface area contributed by atoms with Gasteiger partial charge in [-0.15, -0.1) is 0 Å². The predicted molar refractivity (Wildman–Crippen MR) is 74.4 cm³/mol.